The zero-order chi connectivity index (χ0) is 14.1. The topological polar surface area (TPSA) is 83.2 Å². The first kappa shape index (κ1) is 15.6. The maximum atomic E-state index is 11.1. The van der Waals surface area contributed by atoms with Crippen LogP contribution >= 0.6 is 0 Å². The van der Waals surface area contributed by atoms with E-state index >= 15 is 0 Å². The largest absolute Gasteiger partial charge is 1.00 e. The third-order valence-electron chi connectivity index (χ3n) is 3.03. The summed E-state index contributed by atoms with van der Waals surface area (Å²) in [5.74, 6) is -1.28. The molecule has 0 saturated heterocycles. The van der Waals surface area contributed by atoms with E-state index in [1.165, 1.54) is 10.7 Å². The Morgan fingerprint density at radius 2 is 2.19 bits per heavy atom. The normalized spacial score (nSPS) is 10.3. The van der Waals surface area contributed by atoms with Crippen molar-refractivity contribution in [1.29, 1.82) is 0 Å². The molecule has 3 heterocycles. The Hall–Kier alpha value is -1.76. The van der Waals surface area contributed by atoms with Gasteiger partial charge >= 0.3 is 29.6 Å². The van der Waals surface area contributed by atoms with Crippen molar-refractivity contribution >= 4 is 11.6 Å². The van der Waals surface area contributed by atoms with Crippen LogP contribution in [0.15, 0.2) is 36.7 Å². The van der Waals surface area contributed by atoms with Crippen LogP contribution in [-0.4, -0.2) is 25.6 Å². The van der Waals surface area contributed by atoms with Gasteiger partial charge < -0.3 is 9.90 Å². The van der Waals surface area contributed by atoms with E-state index in [2.05, 4.69) is 15.1 Å². The molecule has 0 fully saturated rings. The Morgan fingerprint density at radius 1 is 1.38 bits per heavy atom. The van der Waals surface area contributed by atoms with Gasteiger partial charge in [-0.3, -0.25) is 4.98 Å². The number of aryl methyl sites for hydroxylation is 1. The molecule has 3 rings (SSSR count). The van der Waals surface area contributed by atoms with Gasteiger partial charge in [0.15, 0.2) is 5.65 Å². The van der Waals surface area contributed by atoms with Gasteiger partial charge in [0.05, 0.1) is 29.1 Å². The average Bonchev–Trinajstić information content (AvgIpc) is 2.91. The molecule has 0 N–H and O–H groups in total. The van der Waals surface area contributed by atoms with Gasteiger partial charge in [-0.15, -0.1) is 0 Å². The zero-order valence-corrected chi connectivity index (χ0v) is 13.8. The van der Waals surface area contributed by atoms with Crippen LogP contribution in [0.1, 0.15) is 23.0 Å². The summed E-state index contributed by atoms with van der Waals surface area (Å²) >= 11 is 0. The molecule has 0 aliphatic carbocycles. The minimum Gasteiger partial charge on any atom is -0.545 e. The van der Waals surface area contributed by atoms with Gasteiger partial charge in [0.1, 0.15) is 0 Å². The zero-order valence-electron chi connectivity index (χ0n) is 11.8. The fourth-order valence-electron chi connectivity index (χ4n) is 2.03. The SMILES string of the molecule is CCc1cc(-c2ccccn2)n2ncc(C(=O)[O-])c2n1.[Na+]. The number of hydrogen-bond donors (Lipinski definition) is 0. The molecule has 0 atom stereocenters. The molecule has 0 unspecified atom stereocenters. The van der Waals surface area contributed by atoms with Crippen LogP contribution in [0.3, 0.4) is 0 Å². The van der Waals surface area contributed by atoms with Crippen molar-refractivity contribution in [3.63, 3.8) is 0 Å². The molecule has 6 nitrogen and oxygen atoms in total. The summed E-state index contributed by atoms with van der Waals surface area (Å²) in [4.78, 5) is 19.7. The van der Waals surface area contributed by atoms with Crippen molar-refractivity contribution in [2.75, 3.05) is 0 Å². The van der Waals surface area contributed by atoms with Gasteiger partial charge in [-0.2, -0.15) is 5.10 Å². The number of aromatic nitrogens is 4. The van der Waals surface area contributed by atoms with Crippen molar-refractivity contribution in [3.05, 3.63) is 47.9 Å². The summed E-state index contributed by atoms with van der Waals surface area (Å²) in [6, 6.07) is 7.39. The van der Waals surface area contributed by atoms with Crippen molar-refractivity contribution in [3.8, 4) is 11.4 Å². The Balaban J connectivity index is 0.00000161. The molecule has 7 heteroatoms. The minimum atomic E-state index is -1.28. The summed E-state index contributed by atoms with van der Waals surface area (Å²) in [6.07, 6.45) is 3.62. The first-order valence-electron chi connectivity index (χ1n) is 6.21. The van der Waals surface area contributed by atoms with E-state index in [1.807, 2.05) is 31.2 Å². The van der Waals surface area contributed by atoms with Crippen LogP contribution in [0.4, 0.5) is 0 Å². The standard InChI is InChI=1S/C14H12N4O2.Na/c1-2-9-7-12(11-5-3-4-6-15-11)18-13(17-9)10(8-16-18)14(19)20;/h3-8H,2H2,1H3,(H,19,20);/q;+1/p-1. The fourth-order valence-corrected chi connectivity index (χ4v) is 2.03. The molecule has 3 aromatic heterocycles. The summed E-state index contributed by atoms with van der Waals surface area (Å²) in [5.41, 5.74) is 2.46. The summed E-state index contributed by atoms with van der Waals surface area (Å²) < 4.78 is 1.48. The molecule has 0 aliphatic heterocycles. The monoisotopic (exact) mass is 290 g/mol. The molecule has 0 aliphatic rings. The van der Waals surface area contributed by atoms with Crippen LogP contribution in [0, 0.1) is 0 Å². The van der Waals surface area contributed by atoms with Gasteiger partial charge in [0.25, 0.3) is 0 Å². The number of carbonyl (C=O) groups excluding carboxylic acids is 1. The number of hydrogen-bond acceptors (Lipinski definition) is 5. The second-order valence-corrected chi connectivity index (χ2v) is 4.28. The predicted octanol–water partition coefficient (Wildman–Crippen LogP) is -2.28. The molecule has 0 radical (unpaired) electrons. The molecule has 0 spiro atoms. The minimum absolute atomic E-state index is 0. The molecule has 100 valence electrons. The van der Waals surface area contributed by atoms with Crippen LogP contribution in [0.25, 0.3) is 17.0 Å². The third-order valence-corrected chi connectivity index (χ3v) is 3.03. The van der Waals surface area contributed by atoms with E-state index in [1.54, 1.807) is 6.20 Å². The van der Waals surface area contributed by atoms with E-state index in [9.17, 15) is 9.90 Å². The molecule has 3 aromatic rings. The molecular formula is C14H11N4NaO2. The van der Waals surface area contributed by atoms with E-state index in [-0.39, 0.29) is 40.8 Å². The van der Waals surface area contributed by atoms with Crippen molar-refractivity contribution in [2.24, 2.45) is 0 Å². The number of rotatable bonds is 3. The van der Waals surface area contributed by atoms with Crippen molar-refractivity contribution in [2.45, 2.75) is 13.3 Å². The third kappa shape index (κ3) is 2.83. The summed E-state index contributed by atoms with van der Waals surface area (Å²) in [6.45, 7) is 1.95. The summed E-state index contributed by atoms with van der Waals surface area (Å²) in [7, 11) is 0. The maximum Gasteiger partial charge on any atom is 1.00 e. The van der Waals surface area contributed by atoms with Crippen molar-refractivity contribution in [1.82, 2.24) is 19.6 Å². The number of pyridine rings is 1. The quantitative estimate of drug-likeness (QED) is 0.508. The van der Waals surface area contributed by atoms with Crippen LogP contribution in [0.5, 0.6) is 0 Å². The van der Waals surface area contributed by atoms with Gasteiger partial charge in [-0.25, -0.2) is 9.50 Å². The van der Waals surface area contributed by atoms with E-state index in [0.29, 0.717) is 17.8 Å². The van der Waals surface area contributed by atoms with Crippen molar-refractivity contribution < 1.29 is 39.5 Å². The number of carbonyl (C=O) groups is 1. The number of fused-ring (bicyclic) bond motifs is 1. The smallest absolute Gasteiger partial charge is 0.545 e. The van der Waals surface area contributed by atoms with E-state index < -0.39 is 5.97 Å². The molecule has 0 aromatic carbocycles. The number of aromatic carboxylic acids is 1. The Bertz CT molecular complexity index is 786. The summed E-state index contributed by atoms with van der Waals surface area (Å²) in [5, 5.41) is 15.2. The van der Waals surface area contributed by atoms with Crippen LogP contribution < -0.4 is 34.7 Å². The maximum absolute atomic E-state index is 11.1. The number of nitrogens with zero attached hydrogens (tertiary/aromatic N) is 4. The van der Waals surface area contributed by atoms with Gasteiger partial charge in [-0.1, -0.05) is 13.0 Å². The van der Waals surface area contributed by atoms with Gasteiger partial charge in [0, 0.05) is 11.9 Å². The van der Waals surface area contributed by atoms with Crippen LogP contribution in [0.2, 0.25) is 0 Å². The molecular weight excluding hydrogens is 279 g/mol. The number of carboxylic acid groups (broad SMARTS) is 1. The Labute approximate surface area is 143 Å². The Kier molecular flexibility index (Phi) is 4.72. The number of carboxylic acids is 1. The second-order valence-electron chi connectivity index (χ2n) is 4.28. The predicted molar refractivity (Wildman–Crippen MR) is 69.9 cm³/mol. The van der Waals surface area contributed by atoms with Crippen LogP contribution in [-0.2, 0) is 6.42 Å². The fraction of sp³-hybridized carbons (Fsp3) is 0.143. The first-order valence-corrected chi connectivity index (χ1v) is 6.21. The first-order chi connectivity index (χ1) is 9.70. The average molecular weight is 290 g/mol. The molecule has 0 saturated carbocycles. The van der Waals surface area contributed by atoms with E-state index in [4.69, 9.17) is 0 Å². The second kappa shape index (κ2) is 6.34. The van der Waals surface area contributed by atoms with Gasteiger partial charge in [-0.05, 0) is 24.6 Å². The Morgan fingerprint density at radius 3 is 2.81 bits per heavy atom. The molecule has 0 amide bonds. The molecule has 21 heavy (non-hydrogen) atoms. The van der Waals surface area contributed by atoms with Gasteiger partial charge in [0.2, 0.25) is 0 Å². The van der Waals surface area contributed by atoms with E-state index in [0.717, 1.165) is 5.69 Å². The molecule has 0 bridgehead atoms.